The van der Waals surface area contributed by atoms with Crippen LogP contribution >= 0.6 is 11.3 Å². The molecule has 4 aromatic rings. The highest BCUT2D eigenvalue weighted by atomic mass is 32.1. The van der Waals surface area contributed by atoms with Gasteiger partial charge in [0.25, 0.3) is 11.5 Å². The number of aromatic nitrogens is 1. The zero-order chi connectivity index (χ0) is 39.4. The summed E-state index contributed by atoms with van der Waals surface area (Å²) < 4.78 is 21.0. The first kappa shape index (κ1) is 37.8. The fourth-order valence-electron chi connectivity index (χ4n) is 10.0. The molecule has 0 radical (unpaired) electrons. The number of nitrogens with one attached hydrogen (secondary N) is 1. The Morgan fingerprint density at radius 1 is 0.877 bits per heavy atom. The van der Waals surface area contributed by atoms with E-state index in [1.807, 2.05) is 35.8 Å². The van der Waals surface area contributed by atoms with E-state index in [2.05, 4.69) is 27.2 Å². The van der Waals surface area contributed by atoms with Gasteiger partial charge >= 0.3 is 0 Å². The molecule has 4 fully saturated rings. The number of benzene rings is 2. The lowest BCUT2D eigenvalue weighted by molar-refractivity contribution is -0.136. The first-order valence-electron chi connectivity index (χ1n) is 20.3. The third-order valence-electron chi connectivity index (χ3n) is 13.3. The lowest BCUT2D eigenvalue weighted by atomic mass is 9.61. The van der Waals surface area contributed by atoms with E-state index >= 15 is 0 Å². The van der Waals surface area contributed by atoms with E-state index in [0.717, 1.165) is 102 Å². The van der Waals surface area contributed by atoms with Gasteiger partial charge in [-0.05, 0) is 135 Å². The summed E-state index contributed by atoms with van der Waals surface area (Å²) in [5.41, 5.74) is 4.89. The summed E-state index contributed by atoms with van der Waals surface area (Å²) >= 11 is 1.58. The smallest absolute Gasteiger partial charge is 0.259 e. The number of thiophene rings is 1. The van der Waals surface area contributed by atoms with Crippen molar-refractivity contribution < 1.29 is 28.6 Å². The maximum absolute atomic E-state index is 13.1. The Morgan fingerprint density at radius 3 is 2.32 bits per heavy atom. The second-order valence-corrected chi connectivity index (χ2v) is 17.8. The summed E-state index contributed by atoms with van der Waals surface area (Å²) in [6.45, 7) is 6.64. The molecule has 5 aliphatic rings. The number of nitrogens with zero attached hydrogens (tertiary/aromatic N) is 4. The monoisotopic (exact) mass is 793 g/mol. The number of hydrogen-bond acceptors (Lipinski definition) is 10. The molecule has 4 aliphatic heterocycles. The molecule has 1 unspecified atom stereocenters. The number of piperidine rings is 3. The van der Waals surface area contributed by atoms with Crippen LogP contribution < -0.4 is 25.1 Å². The van der Waals surface area contributed by atoms with E-state index in [4.69, 9.17) is 14.2 Å². The first-order chi connectivity index (χ1) is 27.6. The summed E-state index contributed by atoms with van der Waals surface area (Å²) in [6.07, 6.45) is 9.58. The number of ether oxygens (including phenoxy) is 3. The minimum absolute atomic E-state index is 0.00868. The molecule has 2 aromatic heterocycles. The fraction of sp³-hybridized carbons (Fsp3) is 0.500. The molecule has 3 saturated heterocycles. The van der Waals surface area contributed by atoms with Crippen molar-refractivity contribution in [3.63, 3.8) is 0 Å². The van der Waals surface area contributed by atoms with Gasteiger partial charge in [0.2, 0.25) is 11.8 Å². The molecule has 1 spiro atoms. The highest BCUT2D eigenvalue weighted by Crippen LogP contribution is 2.51. The number of hydrogen-bond donors (Lipinski definition) is 1. The Kier molecular flexibility index (Phi) is 10.1. The molecule has 1 aliphatic carbocycles. The molecule has 12 nitrogen and oxygen atoms in total. The maximum atomic E-state index is 13.1. The Morgan fingerprint density at radius 2 is 1.61 bits per heavy atom. The van der Waals surface area contributed by atoms with Gasteiger partial charge in [0, 0.05) is 55.1 Å². The molecule has 57 heavy (non-hydrogen) atoms. The SMILES string of the molecule is COc1cc(-c2cn(C)c(=O)c3ccsc23)cc(OC)c1CN1CCC(CN2CCC3(CC2)CC(Oc2ccc4c(c2)CN(C2CCC(=O)NC2=O)C4=O)C3)CC1. The zero-order valence-corrected chi connectivity index (χ0v) is 33.8. The van der Waals surface area contributed by atoms with Crippen LogP contribution in [-0.4, -0.2) is 96.1 Å². The summed E-state index contributed by atoms with van der Waals surface area (Å²) in [5.74, 6) is 2.25. The number of fused-ring (bicyclic) bond motifs is 2. The quantitative estimate of drug-likeness (QED) is 0.205. The van der Waals surface area contributed by atoms with E-state index in [-0.39, 0.29) is 29.9 Å². The molecular formula is C44H51N5O7S. The minimum Gasteiger partial charge on any atom is -0.496 e. The number of aryl methyl sites for hydroxylation is 1. The van der Waals surface area contributed by atoms with E-state index < -0.39 is 11.9 Å². The number of carbonyl (C=O) groups is 3. The Balaban J connectivity index is 0.740. The van der Waals surface area contributed by atoms with Crippen LogP contribution in [0.4, 0.5) is 0 Å². The van der Waals surface area contributed by atoms with Gasteiger partial charge in [-0.25, -0.2) is 0 Å². The number of amides is 3. The van der Waals surface area contributed by atoms with E-state index in [9.17, 15) is 19.2 Å². The molecule has 13 heteroatoms. The second kappa shape index (κ2) is 15.2. The van der Waals surface area contributed by atoms with Gasteiger partial charge in [-0.15, -0.1) is 11.3 Å². The van der Waals surface area contributed by atoms with Crippen molar-refractivity contribution in [3.05, 3.63) is 75.0 Å². The van der Waals surface area contributed by atoms with Gasteiger partial charge in [-0.3, -0.25) is 29.4 Å². The third kappa shape index (κ3) is 7.23. The van der Waals surface area contributed by atoms with Crippen LogP contribution in [-0.2, 0) is 29.7 Å². The maximum Gasteiger partial charge on any atom is 0.259 e. The van der Waals surface area contributed by atoms with Crippen molar-refractivity contribution in [2.75, 3.05) is 46.9 Å². The van der Waals surface area contributed by atoms with Gasteiger partial charge in [-0.1, -0.05) is 0 Å². The Labute approximate surface area is 336 Å². The van der Waals surface area contributed by atoms with Crippen LogP contribution in [0.1, 0.15) is 72.9 Å². The van der Waals surface area contributed by atoms with Crippen LogP contribution in [0.25, 0.3) is 21.2 Å². The topological polar surface area (TPSA) is 123 Å². The molecule has 0 bridgehead atoms. The summed E-state index contributed by atoms with van der Waals surface area (Å²) in [5, 5.41) is 5.07. The fourth-order valence-corrected chi connectivity index (χ4v) is 10.9. The number of methoxy groups -OCH3 is 2. The molecule has 1 N–H and O–H groups in total. The van der Waals surface area contributed by atoms with Crippen molar-refractivity contribution in [1.29, 1.82) is 0 Å². The standard InChI is InChI=1S/C44H51N5O7S/c1-46-25-34(40-33(42(46)52)10-17-57-40)28-19-37(54-2)35(38(20-28)55-3)26-47-13-8-27(9-14-47)23-48-15-11-44(12-16-48)21-31(22-44)56-30-4-5-32-29(18-30)24-49(43(32)53)36-6-7-39(50)45-41(36)51/h4-5,10,17-20,25,27,31,36H,6-9,11-16,21-24,26H2,1-3H3,(H,45,50,51). The van der Waals surface area contributed by atoms with Crippen molar-refractivity contribution in [1.82, 2.24) is 24.6 Å². The Hall–Kier alpha value is -4.72. The van der Waals surface area contributed by atoms with Crippen molar-refractivity contribution >= 4 is 39.1 Å². The summed E-state index contributed by atoms with van der Waals surface area (Å²) in [4.78, 5) is 56.6. The van der Waals surface area contributed by atoms with Crippen LogP contribution in [0, 0.1) is 11.3 Å². The molecule has 3 amide bonds. The molecular weight excluding hydrogens is 743 g/mol. The summed E-state index contributed by atoms with van der Waals surface area (Å²) in [6, 6.07) is 11.1. The van der Waals surface area contributed by atoms with E-state index in [1.54, 1.807) is 42.1 Å². The van der Waals surface area contributed by atoms with Crippen molar-refractivity contribution in [2.24, 2.45) is 18.4 Å². The molecule has 2 aromatic carbocycles. The molecule has 6 heterocycles. The molecule has 1 atom stereocenters. The molecule has 1 saturated carbocycles. The van der Waals surface area contributed by atoms with Crippen molar-refractivity contribution in [2.45, 2.75) is 76.6 Å². The Bertz CT molecular complexity index is 2250. The predicted molar refractivity (Wildman–Crippen MR) is 218 cm³/mol. The number of carbonyl (C=O) groups excluding carboxylic acids is 3. The van der Waals surface area contributed by atoms with Crippen LogP contribution in [0.3, 0.4) is 0 Å². The van der Waals surface area contributed by atoms with Crippen LogP contribution in [0.5, 0.6) is 17.2 Å². The van der Waals surface area contributed by atoms with Crippen LogP contribution in [0.2, 0.25) is 0 Å². The van der Waals surface area contributed by atoms with Gasteiger partial charge in [-0.2, -0.15) is 0 Å². The molecule has 300 valence electrons. The second-order valence-electron chi connectivity index (χ2n) is 16.9. The average Bonchev–Trinajstić information content (AvgIpc) is 3.82. The predicted octanol–water partition coefficient (Wildman–Crippen LogP) is 5.58. The van der Waals surface area contributed by atoms with Gasteiger partial charge < -0.3 is 28.6 Å². The van der Waals surface area contributed by atoms with Gasteiger partial charge in [0.05, 0.1) is 31.3 Å². The zero-order valence-electron chi connectivity index (χ0n) is 33.0. The normalized spacial score (nSPS) is 21.8. The van der Waals surface area contributed by atoms with Gasteiger partial charge in [0.1, 0.15) is 23.3 Å². The first-order valence-corrected chi connectivity index (χ1v) is 21.2. The minimum atomic E-state index is -0.610. The number of imide groups is 1. The number of likely N-dealkylation sites (tertiary alicyclic amines) is 2. The van der Waals surface area contributed by atoms with Crippen molar-refractivity contribution in [3.8, 4) is 28.4 Å². The van der Waals surface area contributed by atoms with Gasteiger partial charge in [0.15, 0.2) is 0 Å². The highest BCUT2D eigenvalue weighted by molar-refractivity contribution is 7.17. The van der Waals surface area contributed by atoms with Crippen LogP contribution in [0.15, 0.2) is 52.8 Å². The van der Waals surface area contributed by atoms with E-state index in [1.165, 1.54) is 25.7 Å². The molecule has 9 rings (SSSR count). The third-order valence-corrected chi connectivity index (χ3v) is 14.3. The summed E-state index contributed by atoms with van der Waals surface area (Å²) in [7, 11) is 5.23. The van der Waals surface area contributed by atoms with E-state index in [0.29, 0.717) is 29.9 Å². The largest absolute Gasteiger partial charge is 0.496 e. The lowest BCUT2D eigenvalue weighted by Crippen LogP contribution is -2.52. The number of pyridine rings is 1. The lowest BCUT2D eigenvalue weighted by Gasteiger charge is -2.52. The number of rotatable bonds is 10. The average molecular weight is 794 g/mol. The highest BCUT2D eigenvalue weighted by Gasteiger charge is 2.47.